The molecule has 2 aromatic rings. The average Bonchev–Trinajstić information content (AvgIpc) is 2.91. The molecule has 0 aliphatic carbocycles. The highest BCUT2D eigenvalue weighted by Crippen LogP contribution is 2.13. The molecule has 0 fully saturated rings. The molecule has 1 aromatic carbocycles. The summed E-state index contributed by atoms with van der Waals surface area (Å²) in [5, 5.41) is 0. The van der Waals surface area contributed by atoms with E-state index in [-0.39, 0.29) is 12.6 Å². The maximum atomic E-state index is 11.3. The summed E-state index contributed by atoms with van der Waals surface area (Å²) in [6.45, 7) is 6.80. The van der Waals surface area contributed by atoms with E-state index in [1.807, 2.05) is 54.6 Å². The van der Waals surface area contributed by atoms with Crippen molar-refractivity contribution in [3.63, 3.8) is 0 Å². The first-order valence-electron chi connectivity index (χ1n) is 7.10. The van der Waals surface area contributed by atoms with E-state index in [1.54, 1.807) is 6.92 Å². The Morgan fingerprint density at radius 2 is 2.05 bits per heavy atom. The first kappa shape index (κ1) is 15.8. The number of aromatic nitrogens is 2. The van der Waals surface area contributed by atoms with Crippen LogP contribution in [0, 0.1) is 0 Å². The van der Waals surface area contributed by atoms with E-state index in [0.717, 1.165) is 17.9 Å². The van der Waals surface area contributed by atoms with Gasteiger partial charge in [0.2, 0.25) is 6.33 Å². The highest BCUT2D eigenvalue weighted by molar-refractivity contribution is 5.86. The van der Waals surface area contributed by atoms with Crippen LogP contribution >= 0.6 is 0 Å². The number of benzene rings is 1. The predicted octanol–water partition coefficient (Wildman–Crippen LogP) is 2.01. The van der Waals surface area contributed by atoms with Crippen molar-refractivity contribution in [3.05, 3.63) is 60.7 Å². The van der Waals surface area contributed by atoms with Gasteiger partial charge in [0.1, 0.15) is 37.9 Å². The van der Waals surface area contributed by atoms with Crippen molar-refractivity contribution in [1.82, 2.24) is 4.57 Å². The van der Waals surface area contributed by atoms with Crippen molar-refractivity contribution in [2.45, 2.75) is 20.1 Å². The van der Waals surface area contributed by atoms with Crippen molar-refractivity contribution in [2.75, 3.05) is 6.61 Å². The molecule has 5 nitrogen and oxygen atoms in total. The molecule has 0 saturated heterocycles. The summed E-state index contributed by atoms with van der Waals surface area (Å²) in [7, 11) is 1.98. The summed E-state index contributed by atoms with van der Waals surface area (Å²) >= 11 is 0. The molecule has 0 radical (unpaired) electrons. The lowest BCUT2D eigenvalue weighted by atomic mass is 10.2. The first-order chi connectivity index (χ1) is 10.5. The normalized spacial score (nSPS) is 10.3. The Kier molecular flexibility index (Phi) is 5.36. The maximum absolute atomic E-state index is 11.3. The summed E-state index contributed by atoms with van der Waals surface area (Å²) in [6, 6.07) is 7.52. The molecule has 0 aliphatic rings. The number of nitrogens with zero attached hydrogens (tertiary/aromatic N) is 2. The Labute approximate surface area is 130 Å². The molecule has 0 N–H and O–H groups in total. The zero-order chi connectivity index (χ0) is 15.9. The first-order valence-corrected chi connectivity index (χ1v) is 7.10. The third kappa shape index (κ3) is 4.77. The second-order valence-corrected chi connectivity index (χ2v) is 5.17. The fourth-order valence-electron chi connectivity index (χ4n) is 1.86. The van der Waals surface area contributed by atoms with E-state index in [4.69, 9.17) is 9.47 Å². The van der Waals surface area contributed by atoms with Crippen LogP contribution < -0.4 is 9.30 Å². The van der Waals surface area contributed by atoms with Gasteiger partial charge in [0, 0.05) is 5.57 Å². The molecule has 5 heteroatoms. The summed E-state index contributed by atoms with van der Waals surface area (Å²) in [5.74, 6) is 0.423. The summed E-state index contributed by atoms with van der Waals surface area (Å²) in [4.78, 5) is 11.3. The molecular formula is C17H21N2O3+. The topological polar surface area (TPSA) is 44.3 Å². The SMILES string of the molecule is C=C(C)C(=O)OCc1ccc(OCCn2cc[n+](C)c2)cc1. The molecule has 0 spiro atoms. The molecule has 0 amide bonds. The number of hydrogen-bond donors (Lipinski definition) is 0. The van der Waals surface area contributed by atoms with Gasteiger partial charge < -0.3 is 9.47 Å². The van der Waals surface area contributed by atoms with Crippen LogP contribution in [0.2, 0.25) is 0 Å². The third-order valence-corrected chi connectivity index (χ3v) is 3.08. The lowest BCUT2D eigenvalue weighted by Crippen LogP contribution is -2.24. The number of ether oxygens (including phenoxy) is 2. The molecule has 0 bridgehead atoms. The van der Waals surface area contributed by atoms with Crippen LogP contribution in [-0.4, -0.2) is 17.1 Å². The summed E-state index contributed by atoms with van der Waals surface area (Å²) in [5.41, 5.74) is 1.32. The predicted molar refractivity (Wildman–Crippen MR) is 82.2 cm³/mol. The Morgan fingerprint density at radius 1 is 1.32 bits per heavy atom. The number of rotatable bonds is 7. The van der Waals surface area contributed by atoms with E-state index in [2.05, 4.69) is 11.1 Å². The largest absolute Gasteiger partial charge is 0.489 e. The van der Waals surface area contributed by atoms with Crippen LogP contribution in [0.5, 0.6) is 5.75 Å². The number of esters is 1. The van der Waals surface area contributed by atoms with Gasteiger partial charge >= 0.3 is 5.97 Å². The van der Waals surface area contributed by atoms with E-state index in [0.29, 0.717) is 12.2 Å². The van der Waals surface area contributed by atoms with Gasteiger partial charge in [-0.05, 0) is 24.6 Å². The molecule has 116 valence electrons. The molecule has 0 aliphatic heterocycles. The molecule has 0 unspecified atom stereocenters. The van der Waals surface area contributed by atoms with E-state index in [1.165, 1.54) is 0 Å². The van der Waals surface area contributed by atoms with Crippen LogP contribution in [0.3, 0.4) is 0 Å². The van der Waals surface area contributed by atoms with Crippen molar-refractivity contribution < 1.29 is 18.8 Å². The van der Waals surface area contributed by atoms with Crippen LogP contribution in [0.1, 0.15) is 12.5 Å². The summed E-state index contributed by atoms with van der Waals surface area (Å²) in [6.07, 6.45) is 5.99. The standard InChI is InChI=1S/C17H21N2O3/c1-14(2)17(20)22-12-15-4-6-16(7-5-15)21-11-10-19-9-8-18(3)13-19/h4-9,13H,1,10-12H2,2-3H3/q+1. The van der Waals surface area contributed by atoms with Gasteiger partial charge in [0.05, 0.1) is 7.05 Å². The quantitative estimate of drug-likeness (QED) is 0.446. The lowest BCUT2D eigenvalue weighted by molar-refractivity contribution is -0.671. The van der Waals surface area contributed by atoms with E-state index in [9.17, 15) is 4.79 Å². The Bertz CT molecular complexity index is 644. The van der Waals surface area contributed by atoms with Gasteiger partial charge in [0.25, 0.3) is 0 Å². The number of carbonyl (C=O) groups excluding carboxylic acids is 1. The van der Waals surface area contributed by atoms with E-state index < -0.39 is 0 Å². The average molecular weight is 301 g/mol. The number of hydrogen-bond acceptors (Lipinski definition) is 3. The van der Waals surface area contributed by atoms with Crippen molar-refractivity contribution in [2.24, 2.45) is 7.05 Å². The summed E-state index contributed by atoms with van der Waals surface area (Å²) < 4.78 is 14.8. The van der Waals surface area contributed by atoms with Gasteiger partial charge in [-0.2, -0.15) is 0 Å². The van der Waals surface area contributed by atoms with Crippen molar-refractivity contribution in [1.29, 1.82) is 0 Å². The molecule has 0 atom stereocenters. The smallest absolute Gasteiger partial charge is 0.333 e. The molecule has 1 heterocycles. The number of imidazole rings is 1. The number of aryl methyl sites for hydroxylation is 1. The minimum atomic E-state index is -0.375. The third-order valence-electron chi connectivity index (χ3n) is 3.08. The Balaban J connectivity index is 1.76. The van der Waals surface area contributed by atoms with Crippen LogP contribution in [0.15, 0.2) is 55.1 Å². The fraction of sp³-hybridized carbons (Fsp3) is 0.294. The second-order valence-electron chi connectivity index (χ2n) is 5.17. The zero-order valence-corrected chi connectivity index (χ0v) is 13.0. The van der Waals surface area contributed by atoms with Gasteiger partial charge in [-0.1, -0.05) is 18.7 Å². The maximum Gasteiger partial charge on any atom is 0.333 e. The monoisotopic (exact) mass is 301 g/mol. The Morgan fingerprint density at radius 3 is 2.64 bits per heavy atom. The minimum Gasteiger partial charge on any atom is -0.489 e. The molecule has 1 aromatic heterocycles. The van der Waals surface area contributed by atoms with Crippen LogP contribution in [0.4, 0.5) is 0 Å². The molecule has 22 heavy (non-hydrogen) atoms. The van der Waals surface area contributed by atoms with Crippen LogP contribution in [0.25, 0.3) is 0 Å². The van der Waals surface area contributed by atoms with Gasteiger partial charge in [-0.15, -0.1) is 0 Å². The Hall–Kier alpha value is -2.56. The van der Waals surface area contributed by atoms with Gasteiger partial charge in [0.15, 0.2) is 0 Å². The van der Waals surface area contributed by atoms with Crippen LogP contribution in [-0.2, 0) is 29.7 Å². The number of carbonyl (C=O) groups is 1. The van der Waals surface area contributed by atoms with Gasteiger partial charge in [-0.3, -0.25) is 0 Å². The molecule has 0 saturated carbocycles. The molecule has 2 rings (SSSR count). The highest BCUT2D eigenvalue weighted by Gasteiger charge is 2.04. The minimum absolute atomic E-state index is 0.242. The van der Waals surface area contributed by atoms with Crippen molar-refractivity contribution in [3.8, 4) is 5.75 Å². The highest BCUT2D eigenvalue weighted by atomic mass is 16.5. The zero-order valence-electron chi connectivity index (χ0n) is 13.0. The molecular weight excluding hydrogens is 280 g/mol. The van der Waals surface area contributed by atoms with Gasteiger partial charge in [-0.25, -0.2) is 13.9 Å². The fourth-order valence-corrected chi connectivity index (χ4v) is 1.86. The van der Waals surface area contributed by atoms with E-state index >= 15 is 0 Å². The second kappa shape index (κ2) is 7.45. The lowest BCUT2D eigenvalue weighted by Gasteiger charge is -2.07. The van der Waals surface area contributed by atoms with Crippen molar-refractivity contribution >= 4 is 5.97 Å².